The number of rotatable bonds is 6. The molecule has 0 aliphatic rings. The van der Waals surface area contributed by atoms with E-state index in [1.165, 1.54) is 0 Å². The lowest BCUT2D eigenvalue weighted by molar-refractivity contribution is 0.393. The summed E-state index contributed by atoms with van der Waals surface area (Å²) in [5, 5.41) is 7.66. The fourth-order valence-electron chi connectivity index (χ4n) is 1.86. The number of ether oxygens (including phenoxy) is 2. The zero-order valence-electron chi connectivity index (χ0n) is 11.5. The van der Waals surface area contributed by atoms with Gasteiger partial charge in [-0.15, -0.1) is 0 Å². The maximum atomic E-state index is 5.24. The summed E-state index contributed by atoms with van der Waals surface area (Å²) < 4.78 is 12.3. The van der Waals surface area contributed by atoms with Gasteiger partial charge in [0.1, 0.15) is 11.5 Å². The predicted molar refractivity (Wildman–Crippen MR) is 73.3 cm³/mol. The fourth-order valence-corrected chi connectivity index (χ4v) is 1.86. The molecule has 0 aliphatic heterocycles. The molecule has 0 radical (unpaired) electrons. The molecule has 2 rings (SSSR count). The van der Waals surface area contributed by atoms with Gasteiger partial charge in [0.05, 0.1) is 19.9 Å². The summed E-state index contributed by atoms with van der Waals surface area (Å²) in [6.45, 7) is 1.48. The van der Waals surface area contributed by atoms with Crippen LogP contribution in [0.2, 0.25) is 0 Å². The predicted octanol–water partition coefficient (Wildman–Crippen LogP) is 1.73. The fraction of sp³-hybridized carbons (Fsp3) is 0.357. The molecule has 0 amide bonds. The Morgan fingerprint density at radius 2 is 1.79 bits per heavy atom. The Balaban J connectivity index is 1.95. The van der Waals surface area contributed by atoms with Crippen molar-refractivity contribution in [3.05, 3.63) is 41.7 Å². The van der Waals surface area contributed by atoms with Crippen LogP contribution < -0.4 is 14.8 Å². The molecule has 0 bridgehead atoms. The van der Waals surface area contributed by atoms with Gasteiger partial charge >= 0.3 is 0 Å². The van der Waals surface area contributed by atoms with E-state index in [9.17, 15) is 0 Å². The highest BCUT2D eigenvalue weighted by Gasteiger charge is 2.02. The van der Waals surface area contributed by atoms with Crippen molar-refractivity contribution in [3.8, 4) is 11.5 Å². The van der Waals surface area contributed by atoms with Crippen LogP contribution in [0.4, 0.5) is 0 Å². The molecular formula is C14H19N3O2. The van der Waals surface area contributed by atoms with E-state index in [-0.39, 0.29) is 0 Å². The van der Waals surface area contributed by atoms with E-state index in [0.717, 1.165) is 35.8 Å². The van der Waals surface area contributed by atoms with E-state index in [1.807, 2.05) is 37.5 Å². The first-order chi connectivity index (χ1) is 9.21. The molecule has 2 aromatic rings. The molecule has 102 valence electrons. The third kappa shape index (κ3) is 3.72. The Morgan fingerprint density at radius 3 is 2.32 bits per heavy atom. The van der Waals surface area contributed by atoms with Gasteiger partial charge < -0.3 is 14.8 Å². The number of methoxy groups -OCH3 is 2. The van der Waals surface area contributed by atoms with Gasteiger partial charge in [0.2, 0.25) is 0 Å². The van der Waals surface area contributed by atoms with Gasteiger partial charge in [-0.25, -0.2) is 0 Å². The number of aryl methyl sites for hydroxylation is 1. The third-order valence-electron chi connectivity index (χ3n) is 2.82. The molecule has 0 atom stereocenters. The third-order valence-corrected chi connectivity index (χ3v) is 2.82. The van der Waals surface area contributed by atoms with Crippen molar-refractivity contribution in [2.45, 2.75) is 13.1 Å². The number of benzene rings is 1. The Bertz CT molecular complexity index is 515. The standard InChI is InChI=1S/C14H19N3O2/c1-17-5-4-12(16-17)10-15-9-11-6-13(18-2)8-14(7-11)19-3/h4-8,15H,9-10H2,1-3H3. The molecule has 1 aromatic heterocycles. The van der Waals surface area contributed by atoms with Crippen molar-refractivity contribution in [2.24, 2.45) is 7.05 Å². The largest absolute Gasteiger partial charge is 0.497 e. The molecule has 1 heterocycles. The van der Waals surface area contributed by atoms with Crippen LogP contribution in [-0.2, 0) is 20.1 Å². The highest BCUT2D eigenvalue weighted by molar-refractivity contribution is 5.38. The van der Waals surface area contributed by atoms with Gasteiger partial charge in [-0.3, -0.25) is 4.68 Å². The van der Waals surface area contributed by atoms with Gasteiger partial charge in [0.25, 0.3) is 0 Å². The Morgan fingerprint density at radius 1 is 1.11 bits per heavy atom. The van der Waals surface area contributed by atoms with E-state index in [4.69, 9.17) is 9.47 Å². The SMILES string of the molecule is COc1cc(CNCc2ccn(C)n2)cc(OC)c1. The average Bonchev–Trinajstić information content (AvgIpc) is 2.84. The van der Waals surface area contributed by atoms with E-state index in [1.54, 1.807) is 18.9 Å². The number of hydrogen-bond acceptors (Lipinski definition) is 4. The summed E-state index contributed by atoms with van der Waals surface area (Å²) >= 11 is 0. The summed E-state index contributed by atoms with van der Waals surface area (Å²) in [6.07, 6.45) is 1.94. The van der Waals surface area contributed by atoms with Gasteiger partial charge in [-0.2, -0.15) is 5.10 Å². The van der Waals surface area contributed by atoms with Gasteiger partial charge in [-0.05, 0) is 23.8 Å². The zero-order valence-corrected chi connectivity index (χ0v) is 11.5. The van der Waals surface area contributed by atoms with Crippen molar-refractivity contribution in [3.63, 3.8) is 0 Å². The molecule has 0 fully saturated rings. The average molecular weight is 261 g/mol. The van der Waals surface area contributed by atoms with E-state index in [2.05, 4.69) is 10.4 Å². The van der Waals surface area contributed by atoms with Crippen LogP contribution in [0.3, 0.4) is 0 Å². The van der Waals surface area contributed by atoms with Crippen LogP contribution in [0.25, 0.3) is 0 Å². The minimum atomic E-state index is 0.736. The summed E-state index contributed by atoms with van der Waals surface area (Å²) in [7, 11) is 5.22. The molecule has 1 N–H and O–H groups in total. The number of aromatic nitrogens is 2. The highest BCUT2D eigenvalue weighted by Crippen LogP contribution is 2.22. The second-order valence-electron chi connectivity index (χ2n) is 4.31. The van der Waals surface area contributed by atoms with Crippen molar-refractivity contribution in [1.29, 1.82) is 0 Å². The molecule has 5 heteroatoms. The molecule has 0 spiro atoms. The zero-order chi connectivity index (χ0) is 13.7. The Kier molecular flexibility index (Phi) is 4.41. The number of nitrogens with one attached hydrogen (secondary N) is 1. The van der Waals surface area contributed by atoms with Gasteiger partial charge in [0.15, 0.2) is 0 Å². The smallest absolute Gasteiger partial charge is 0.122 e. The summed E-state index contributed by atoms with van der Waals surface area (Å²) in [5.74, 6) is 1.60. The second kappa shape index (κ2) is 6.24. The first kappa shape index (κ1) is 13.4. The first-order valence-corrected chi connectivity index (χ1v) is 6.12. The van der Waals surface area contributed by atoms with Crippen molar-refractivity contribution < 1.29 is 9.47 Å². The van der Waals surface area contributed by atoms with E-state index >= 15 is 0 Å². The molecule has 0 saturated heterocycles. The minimum absolute atomic E-state index is 0.736. The van der Waals surface area contributed by atoms with Crippen molar-refractivity contribution >= 4 is 0 Å². The van der Waals surface area contributed by atoms with Gasteiger partial charge in [-0.1, -0.05) is 0 Å². The maximum Gasteiger partial charge on any atom is 0.122 e. The van der Waals surface area contributed by atoms with E-state index < -0.39 is 0 Å². The normalized spacial score (nSPS) is 10.5. The molecular weight excluding hydrogens is 242 g/mol. The number of nitrogens with zero attached hydrogens (tertiary/aromatic N) is 2. The van der Waals surface area contributed by atoms with Crippen LogP contribution in [0, 0.1) is 0 Å². The monoisotopic (exact) mass is 261 g/mol. The van der Waals surface area contributed by atoms with Crippen molar-refractivity contribution in [2.75, 3.05) is 14.2 Å². The van der Waals surface area contributed by atoms with Crippen LogP contribution in [0.1, 0.15) is 11.3 Å². The van der Waals surface area contributed by atoms with Crippen LogP contribution >= 0.6 is 0 Å². The van der Waals surface area contributed by atoms with Crippen LogP contribution in [-0.4, -0.2) is 24.0 Å². The quantitative estimate of drug-likeness (QED) is 0.860. The topological polar surface area (TPSA) is 48.3 Å². The molecule has 5 nitrogen and oxygen atoms in total. The van der Waals surface area contributed by atoms with Crippen LogP contribution in [0.5, 0.6) is 11.5 Å². The first-order valence-electron chi connectivity index (χ1n) is 6.12. The molecule has 0 aliphatic carbocycles. The Hall–Kier alpha value is -2.01. The lowest BCUT2D eigenvalue weighted by Gasteiger charge is -2.09. The summed E-state index contributed by atoms with van der Waals surface area (Å²) in [4.78, 5) is 0. The molecule has 0 saturated carbocycles. The molecule has 1 aromatic carbocycles. The van der Waals surface area contributed by atoms with Gasteiger partial charge in [0, 0.05) is 32.4 Å². The number of hydrogen-bond donors (Lipinski definition) is 1. The Labute approximate surface area is 113 Å². The lowest BCUT2D eigenvalue weighted by atomic mass is 10.2. The highest BCUT2D eigenvalue weighted by atomic mass is 16.5. The van der Waals surface area contributed by atoms with Crippen molar-refractivity contribution in [1.82, 2.24) is 15.1 Å². The minimum Gasteiger partial charge on any atom is -0.497 e. The molecule has 0 unspecified atom stereocenters. The van der Waals surface area contributed by atoms with E-state index in [0.29, 0.717) is 0 Å². The second-order valence-corrected chi connectivity index (χ2v) is 4.31. The summed E-state index contributed by atoms with van der Waals surface area (Å²) in [5.41, 5.74) is 2.14. The lowest BCUT2D eigenvalue weighted by Crippen LogP contribution is -2.13. The maximum absolute atomic E-state index is 5.24. The van der Waals surface area contributed by atoms with Crippen LogP contribution in [0.15, 0.2) is 30.5 Å². The summed E-state index contributed by atoms with van der Waals surface area (Å²) in [6, 6.07) is 7.85. The molecule has 19 heavy (non-hydrogen) atoms.